The molecule has 18 heavy (non-hydrogen) atoms. The molecule has 2 rings (SSSR count). The zero-order valence-corrected chi connectivity index (χ0v) is 11.6. The van der Waals surface area contributed by atoms with Gasteiger partial charge >= 0.3 is 0 Å². The van der Waals surface area contributed by atoms with Crippen molar-refractivity contribution in [3.8, 4) is 0 Å². The topological polar surface area (TPSA) is 51.8 Å². The second-order valence-electron chi connectivity index (χ2n) is 4.08. The van der Waals surface area contributed by atoms with Crippen molar-refractivity contribution in [1.82, 2.24) is 9.97 Å². The van der Waals surface area contributed by atoms with E-state index in [9.17, 15) is 0 Å². The van der Waals surface area contributed by atoms with E-state index >= 15 is 0 Å². The maximum absolute atomic E-state index is 6.03. The quantitative estimate of drug-likeness (QED) is 0.874. The molecule has 0 fully saturated rings. The van der Waals surface area contributed by atoms with Gasteiger partial charge in [0.2, 0.25) is 0 Å². The van der Waals surface area contributed by atoms with Crippen LogP contribution in [0, 0.1) is 0 Å². The minimum Gasteiger partial charge on any atom is -0.328 e. The molecular formula is C13H14ClN3S. The number of nitrogens with two attached hydrogens (primary N) is 1. The highest BCUT2D eigenvalue weighted by Crippen LogP contribution is 2.31. The fraction of sp³-hybridized carbons (Fsp3) is 0.231. The first kappa shape index (κ1) is 13.3. The molecule has 0 aliphatic heterocycles. The number of aromatic nitrogens is 2. The molecule has 2 aromatic rings. The van der Waals surface area contributed by atoms with E-state index in [4.69, 9.17) is 17.3 Å². The molecular weight excluding hydrogens is 266 g/mol. The van der Waals surface area contributed by atoms with Crippen molar-refractivity contribution in [3.63, 3.8) is 0 Å². The van der Waals surface area contributed by atoms with Gasteiger partial charge in [0.15, 0.2) is 0 Å². The average molecular weight is 280 g/mol. The molecule has 1 atom stereocenters. The molecule has 0 spiro atoms. The van der Waals surface area contributed by atoms with E-state index in [1.54, 1.807) is 24.3 Å². The first-order valence-electron chi connectivity index (χ1n) is 5.63. The first-order valence-corrected chi connectivity index (χ1v) is 6.82. The molecule has 0 aliphatic carbocycles. The number of hydrogen-bond donors (Lipinski definition) is 1. The van der Waals surface area contributed by atoms with E-state index in [2.05, 4.69) is 9.97 Å². The van der Waals surface area contributed by atoms with E-state index in [1.807, 2.05) is 31.2 Å². The third kappa shape index (κ3) is 3.70. The molecule has 5 heteroatoms. The lowest BCUT2D eigenvalue weighted by Gasteiger charge is -2.11. The third-order valence-corrected chi connectivity index (χ3v) is 3.64. The maximum Gasteiger partial charge on any atom is 0.116 e. The van der Waals surface area contributed by atoms with E-state index in [1.165, 1.54) is 0 Å². The third-order valence-electron chi connectivity index (χ3n) is 2.33. The van der Waals surface area contributed by atoms with Crippen LogP contribution in [0.1, 0.15) is 12.5 Å². The van der Waals surface area contributed by atoms with Crippen LogP contribution in [0.15, 0.2) is 46.7 Å². The Bertz CT molecular complexity index is 517. The number of benzene rings is 1. The minimum absolute atomic E-state index is 0.105. The van der Waals surface area contributed by atoms with Crippen molar-refractivity contribution in [2.24, 2.45) is 5.73 Å². The van der Waals surface area contributed by atoms with Crippen molar-refractivity contribution in [3.05, 3.63) is 47.4 Å². The Labute approximate surface area is 116 Å². The van der Waals surface area contributed by atoms with Crippen LogP contribution in [0.5, 0.6) is 0 Å². The minimum atomic E-state index is 0.105. The lowest BCUT2D eigenvalue weighted by molar-refractivity contribution is 0.729. The fourth-order valence-corrected chi connectivity index (χ4v) is 2.66. The van der Waals surface area contributed by atoms with Crippen LogP contribution in [0.4, 0.5) is 0 Å². The fourth-order valence-electron chi connectivity index (χ4n) is 1.61. The van der Waals surface area contributed by atoms with Crippen LogP contribution >= 0.6 is 23.4 Å². The van der Waals surface area contributed by atoms with Gasteiger partial charge in [-0.15, -0.1) is 0 Å². The van der Waals surface area contributed by atoms with Gasteiger partial charge in [0.1, 0.15) is 11.4 Å². The predicted molar refractivity (Wildman–Crippen MR) is 75.0 cm³/mol. The molecule has 0 radical (unpaired) electrons. The van der Waals surface area contributed by atoms with E-state index in [0.717, 1.165) is 26.9 Å². The molecule has 0 saturated heterocycles. The molecule has 1 aromatic carbocycles. The summed E-state index contributed by atoms with van der Waals surface area (Å²) in [6.07, 6.45) is 4.08. The monoisotopic (exact) mass is 279 g/mol. The molecule has 1 unspecified atom stereocenters. The first-order chi connectivity index (χ1) is 8.65. The van der Waals surface area contributed by atoms with Gasteiger partial charge in [0.05, 0.1) is 0 Å². The number of rotatable bonds is 4. The van der Waals surface area contributed by atoms with Crippen LogP contribution in [-0.4, -0.2) is 16.0 Å². The van der Waals surface area contributed by atoms with Gasteiger partial charge in [-0.25, -0.2) is 9.97 Å². The Kier molecular flexibility index (Phi) is 4.58. The summed E-state index contributed by atoms with van der Waals surface area (Å²) in [5.74, 6) is 0. The van der Waals surface area contributed by atoms with Crippen LogP contribution < -0.4 is 5.73 Å². The lowest BCUT2D eigenvalue weighted by Crippen LogP contribution is -2.18. The Balaban J connectivity index is 2.26. The van der Waals surface area contributed by atoms with Crippen molar-refractivity contribution in [2.75, 3.05) is 0 Å². The molecule has 0 saturated carbocycles. The Morgan fingerprint density at radius 3 is 2.89 bits per heavy atom. The van der Waals surface area contributed by atoms with E-state index in [-0.39, 0.29) is 6.04 Å². The zero-order chi connectivity index (χ0) is 13.0. The smallest absolute Gasteiger partial charge is 0.116 e. The highest BCUT2D eigenvalue weighted by Gasteiger charge is 2.08. The van der Waals surface area contributed by atoms with Crippen LogP contribution in [0.25, 0.3) is 0 Å². The normalized spacial score (nSPS) is 12.4. The predicted octanol–water partition coefficient (Wildman–Crippen LogP) is 3.17. The number of hydrogen-bond acceptors (Lipinski definition) is 4. The average Bonchev–Trinajstić information content (AvgIpc) is 2.33. The van der Waals surface area contributed by atoms with Crippen LogP contribution in [0.3, 0.4) is 0 Å². The summed E-state index contributed by atoms with van der Waals surface area (Å²) in [7, 11) is 0. The second-order valence-corrected chi connectivity index (χ2v) is 5.58. The standard InChI is InChI=1S/C13H14ClN3S/c1-9(15)6-10-7-11(14)2-3-12(10)18-13-4-5-16-8-17-13/h2-5,7-9H,6,15H2,1H3. The molecule has 1 heterocycles. The zero-order valence-electron chi connectivity index (χ0n) is 10.0. The summed E-state index contributed by atoms with van der Waals surface area (Å²) in [6, 6.07) is 7.85. The summed E-state index contributed by atoms with van der Waals surface area (Å²) in [6.45, 7) is 1.99. The molecule has 0 bridgehead atoms. The van der Waals surface area contributed by atoms with E-state index < -0.39 is 0 Å². The summed E-state index contributed by atoms with van der Waals surface area (Å²) in [4.78, 5) is 9.25. The summed E-state index contributed by atoms with van der Waals surface area (Å²) in [5.41, 5.74) is 7.01. The molecule has 3 nitrogen and oxygen atoms in total. The van der Waals surface area contributed by atoms with Crippen molar-refractivity contribution < 1.29 is 0 Å². The van der Waals surface area contributed by atoms with Crippen molar-refractivity contribution in [1.29, 1.82) is 0 Å². The summed E-state index contributed by atoms with van der Waals surface area (Å²) in [5, 5.41) is 1.65. The van der Waals surface area contributed by atoms with Gasteiger partial charge in [-0.1, -0.05) is 23.4 Å². The SMILES string of the molecule is CC(N)Cc1cc(Cl)ccc1Sc1ccncn1. The summed E-state index contributed by atoms with van der Waals surface area (Å²) < 4.78 is 0. The molecule has 0 amide bonds. The molecule has 0 aliphatic rings. The van der Waals surface area contributed by atoms with Gasteiger partial charge in [-0.2, -0.15) is 0 Å². The Morgan fingerprint density at radius 2 is 2.22 bits per heavy atom. The van der Waals surface area contributed by atoms with Crippen molar-refractivity contribution in [2.45, 2.75) is 29.3 Å². The highest BCUT2D eigenvalue weighted by molar-refractivity contribution is 7.99. The van der Waals surface area contributed by atoms with Gasteiger partial charge in [-0.3, -0.25) is 0 Å². The van der Waals surface area contributed by atoms with Gasteiger partial charge in [0.25, 0.3) is 0 Å². The molecule has 2 N–H and O–H groups in total. The highest BCUT2D eigenvalue weighted by atomic mass is 35.5. The number of nitrogens with zero attached hydrogens (tertiary/aromatic N) is 2. The summed E-state index contributed by atoms with van der Waals surface area (Å²) >= 11 is 7.63. The van der Waals surface area contributed by atoms with Crippen molar-refractivity contribution >= 4 is 23.4 Å². The number of halogens is 1. The maximum atomic E-state index is 6.03. The van der Waals surface area contributed by atoms with Gasteiger partial charge in [-0.05, 0) is 43.2 Å². The van der Waals surface area contributed by atoms with E-state index in [0.29, 0.717) is 0 Å². The van der Waals surface area contributed by atoms with Crippen LogP contribution in [0.2, 0.25) is 5.02 Å². The van der Waals surface area contributed by atoms with Gasteiger partial charge in [0, 0.05) is 22.2 Å². The Morgan fingerprint density at radius 1 is 1.39 bits per heavy atom. The van der Waals surface area contributed by atoms with Crippen LogP contribution in [-0.2, 0) is 6.42 Å². The molecule has 94 valence electrons. The molecule has 1 aromatic heterocycles. The Hall–Kier alpha value is -1.10. The largest absolute Gasteiger partial charge is 0.328 e. The lowest BCUT2D eigenvalue weighted by atomic mass is 10.1. The van der Waals surface area contributed by atoms with Gasteiger partial charge < -0.3 is 5.73 Å². The second kappa shape index (κ2) is 6.18.